The smallest absolute Gasteiger partial charge is 0.0793 e. The first-order valence-electron chi connectivity index (χ1n) is 3.42. The molecule has 3 nitrogen and oxygen atoms in total. The van der Waals surface area contributed by atoms with Crippen molar-refractivity contribution in [3.8, 4) is 0 Å². The molecule has 0 saturated carbocycles. The zero-order chi connectivity index (χ0) is 7.68. The fourth-order valence-electron chi connectivity index (χ4n) is 1.08. The van der Waals surface area contributed by atoms with Crippen molar-refractivity contribution < 1.29 is 0 Å². The fraction of sp³-hybridized carbons (Fsp3) is 0.125. The lowest BCUT2D eigenvalue weighted by molar-refractivity contribution is 0.287. The van der Waals surface area contributed by atoms with Crippen molar-refractivity contribution in [3.05, 3.63) is 35.4 Å². The molecule has 0 bridgehead atoms. The molecule has 1 aliphatic heterocycles. The maximum atomic E-state index is 5.46. The maximum absolute atomic E-state index is 5.46. The zero-order valence-corrected chi connectivity index (χ0v) is 5.99. The molecule has 1 radical (unpaired) electrons. The second-order valence-corrected chi connectivity index (χ2v) is 2.45. The highest BCUT2D eigenvalue weighted by molar-refractivity contribution is 5.82. The van der Waals surface area contributed by atoms with Crippen LogP contribution in [0.25, 0.3) is 0 Å². The molecule has 3 heteroatoms. The van der Waals surface area contributed by atoms with Crippen molar-refractivity contribution in [1.29, 1.82) is 0 Å². The molecule has 0 spiro atoms. The van der Waals surface area contributed by atoms with Crippen LogP contribution in [0.3, 0.4) is 0 Å². The molecular formula is C8H8N3. The molecule has 1 aliphatic rings. The summed E-state index contributed by atoms with van der Waals surface area (Å²) in [7, 11) is 0. The summed E-state index contributed by atoms with van der Waals surface area (Å²) in [6.45, 7) is 0.646. The van der Waals surface area contributed by atoms with Gasteiger partial charge in [0.1, 0.15) is 0 Å². The van der Waals surface area contributed by atoms with E-state index in [9.17, 15) is 0 Å². The van der Waals surface area contributed by atoms with E-state index in [1.54, 1.807) is 6.21 Å². The van der Waals surface area contributed by atoms with Gasteiger partial charge in [0, 0.05) is 5.56 Å². The van der Waals surface area contributed by atoms with Gasteiger partial charge in [0.15, 0.2) is 0 Å². The molecule has 0 aliphatic carbocycles. The number of hydrazine groups is 1. The van der Waals surface area contributed by atoms with E-state index in [0.717, 1.165) is 11.1 Å². The number of benzene rings is 1. The Bertz CT molecular complexity index is 293. The van der Waals surface area contributed by atoms with Crippen LogP contribution in [0.15, 0.2) is 23.3 Å². The van der Waals surface area contributed by atoms with Gasteiger partial charge in [0.05, 0.1) is 12.8 Å². The summed E-state index contributed by atoms with van der Waals surface area (Å²) in [6.07, 6.45) is 1.75. The molecular weight excluding hydrogens is 138 g/mol. The number of rotatable bonds is 0. The van der Waals surface area contributed by atoms with E-state index >= 15 is 0 Å². The van der Waals surface area contributed by atoms with Crippen LogP contribution < -0.4 is 5.84 Å². The minimum Gasteiger partial charge on any atom is -0.231 e. The molecule has 2 N–H and O–H groups in total. The van der Waals surface area contributed by atoms with E-state index in [0.29, 0.717) is 6.54 Å². The summed E-state index contributed by atoms with van der Waals surface area (Å²) in [5.41, 5.74) is 2.21. The number of nitrogens with zero attached hydrogens (tertiary/aromatic N) is 2. The van der Waals surface area contributed by atoms with Gasteiger partial charge in [0.25, 0.3) is 0 Å². The largest absolute Gasteiger partial charge is 0.231 e. The molecule has 0 atom stereocenters. The number of hydrazone groups is 1. The first kappa shape index (κ1) is 6.37. The Morgan fingerprint density at radius 1 is 1.64 bits per heavy atom. The molecule has 0 saturated heterocycles. The van der Waals surface area contributed by atoms with Gasteiger partial charge in [-0.2, -0.15) is 5.10 Å². The number of hydrogen-bond donors (Lipinski definition) is 1. The van der Waals surface area contributed by atoms with E-state index in [1.165, 1.54) is 5.12 Å². The highest BCUT2D eigenvalue weighted by Gasteiger charge is 2.06. The summed E-state index contributed by atoms with van der Waals surface area (Å²) in [5, 5.41) is 5.34. The lowest BCUT2D eigenvalue weighted by Gasteiger charge is -2.17. The Morgan fingerprint density at radius 2 is 2.55 bits per heavy atom. The molecule has 0 amide bonds. The van der Waals surface area contributed by atoms with Gasteiger partial charge in [-0.15, -0.1) is 0 Å². The predicted molar refractivity (Wildman–Crippen MR) is 42.6 cm³/mol. The van der Waals surface area contributed by atoms with Crippen LogP contribution in [0.4, 0.5) is 0 Å². The summed E-state index contributed by atoms with van der Waals surface area (Å²) >= 11 is 0. The van der Waals surface area contributed by atoms with Gasteiger partial charge in [-0.05, 0) is 11.6 Å². The third-order valence-corrected chi connectivity index (χ3v) is 1.64. The van der Waals surface area contributed by atoms with Gasteiger partial charge in [0.2, 0.25) is 0 Å². The number of nitrogens with two attached hydrogens (primary N) is 1. The van der Waals surface area contributed by atoms with Crippen LogP contribution in [0.1, 0.15) is 11.1 Å². The normalized spacial score (nSPS) is 14.8. The Morgan fingerprint density at radius 3 is 3.45 bits per heavy atom. The first-order valence-corrected chi connectivity index (χ1v) is 3.42. The van der Waals surface area contributed by atoms with Gasteiger partial charge in [-0.3, -0.25) is 0 Å². The second-order valence-electron chi connectivity index (χ2n) is 2.45. The molecule has 1 aromatic rings. The third kappa shape index (κ3) is 1.10. The number of hydrogen-bond acceptors (Lipinski definition) is 3. The summed E-state index contributed by atoms with van der Waals surface area (Å²) in [5.74, 6) is 5.46. The molecule has 55 valence electrons. The highest BCUT2D eigenvalue weighted by Crippen LogP contribution is 2.11. The van der Waals surface area contributed by atoms with E-state index < -0.39 is 0 Å². The van der Waals surface area contributed by atoms with Crippen molar-refractivity contribution in [2.24, 2.45) is 10.9 Å². The molecule has 1 aromatic carbocycles. The van der Waals surface area contributed by atoms with Gasteiger partial charge >= 0.3 is 0 Å². The predicted octanol–water partition coefficient (Wildman–Crippen LogP) is 0.510. The zero-order valence-electron chi connectivity index (χ0n) is 5.99. The van der Waals surface area contributed by atoms with Crippen LogP contribution in [0, 0.1) is 6.07 Å². The van der Waals surface area contributed by atoms with Crippen molar-refractivity contribution >= 4 is 6.21 Å². The quantitative estimate of drug-likeness (QED) is 0.542. The Hall–Kier alpha value is -1.35. The van der Waals surface area contributed by atoms with Gasteiger partial charge in [-0.25, -0.2) is 11.0 Å². The van der Waals surface area contributed by atoms with Gasteiger partial charge < -0.3 is 0 Å². The monoisotopic (exact) mass is 146 g/mol. The minimum atomic E-state index is 0.646. The first-order chi connectivity index (χ1) is 5.36. The summed E-state index contributed by atoms with van der Waals surface area (Å²) < 4.78 is 0. The molecule has 0 fully saturated rings. The Balaban J connectivity index is 2.46. The third-order valence-electron chi connectivity index (χ3n) is 1.64. The lowest BCUT2D eigenvalue weighted by Crippen LogP contribution is -2.27. The maximum Gasteiger partial charge on any atom is 0.0793 e. The van der Waals surface area contributed by atoms with Crippen LogP contribution in [-0.4, -0.2) is 11.3 Å². The van der Waals surface area contributed by atoms with Crippen molar-refractivity contribution in [2.75, 3.05) is 0 Å². The Kier molecular flexibility index (Phi) is 1.36. The average molecular weight is 146 g/mol. The van der Waals surface area contributed by atoms with E-state index in [2.05, 4.69) is 11.2 Å². The molecule has 2 rings (SSSR count). The van der Waals surface area contributed by atoms with Gasteiger partial charge in [-0.1, -0.05) is 18.2 Å². The van der Waals surface area contributed by atoms with Crippen LogP contribution in [-0.2, 0) is 6.54 Å². The summed E-state index contributed by atoms with van der Waals surface area (Å²) in [4.78, 5) is 0. The summed E-state index contributed by atoms with van der Waals surface area (Å²) in [6, 6.07) is 8.93. The Labute approximate surface area is 65.1 Å². The van der Waals surface area contributed by atoms with E-state index in [1.807, 2.05) is 18.2 Å². The average Bonchev–Trinajstić information content (AvgIpc) is 2.04. The van der Waals surface area contributed by atoms with Crippen LogP contribution >= 0.6 is 0 Å². The highest BCUT2D eigenvalue weighted by atomic mass is 15.6. The SMILES string of the molecule is NN1Cc2[c]cccc2C=N1. The van der Waals surface area contributed by atoms with Crippen LogP contribution in [0.2, 0.25) is 0 Å². The fourth-order valence-corrected chi connectivity index (χ4v) is 1.08. The number of fused-ring (bicyclic) bond motifs is 1. The van der Waals surface area contributed by atoms with Crippen molar-refractivity contribution in [1.82, 2.24) is 5.12 Å². The van der Waals surface area contributed by atoms with Crippen molar-refractivity contribution in [3.63, 3.8) is 0 Å². The second kappa shape index (κ2) is 2.36. The molecule has 0 aromatic heterocycles. The van der Waals surface area contributed by atoms with E-state index in [-0.39, 0.29) is 0 Å². The molecule has 11 heavy (non-hydrogen) atoms. The minimum absolute atomic E-state index is 0.646. The standard InChI is InChI=1S/C8H8N3/c9-11-6-8-4-2-1-3-7(8)5-10-11/h1-3,5H,6,9H2. The molecule has 0 unspecified atom stereocenters. The van der Waals surface area contributed by atoms with Crippen LogP contribution in [0.5, 0.6) is 0 Å². The van der Waals surface area contributed by atoms with E-state index in [4.69, 9.17) is 5.84 Å². The van der Waals surface area contributed by atoms with Crippen molar-refractivity contribution in [2.45, 2.75) is 6.54 Å². The molecule has 1 heterocycles. The lowest BCUT2D eigenvalue weighted by atomic mass is 10.1. The topological polar surface area (TPSA) is 41.6 Å².